The lowest BCUT2D eigenvalue weighted by Crippen LogP contribution is -2.33. The molecule has 1 aliphatic rings. The first-order valence-electron chi connectivity index (χ1n) is 7.64. The highest BCUT2D eigenvalue weighted by Crippen LogP contribution is 2.34. The van der Waals surface area contributed by atoms with Crippen molar-refractivity contribution >= 4 is 0 Å². The maximum atomic E-state index is 9.28. The van der Waals surface area contributed by atoms with Crippen LogP contribution in [0.4, 0.5) is 0 Å². The first-order valence-corrected chi connectivity index (χ1v) is 7.64. The van der Waals surface area contributed by atoms with Gasteiger partial charge in [-0.3, -0.25) is 4.90 Å². The molecule has 1 saturated heterocycles. The van der Waals surface area contributed by atoms with Gasteiger partial charge in [0.05, 0.1) is 19.8 Å². The molecule has 5 nitrogen and oxygen atoms in total. The van der Waals surface area contributed by atoms with Crippen molar-refractivity contribution in [1.82, 2.24) is 4.90 Å². The normalized spacial score (nSPS) is 17.5. The van der Waals surface area contributed by atoms with Crippen molar-refractivity contribution in [3.63, 3.8) is 0 Å². The lowest BCUT2D eigenvalue weighted by atomic mass is 10.1. The number of aliphatic hydroxyl groups excluding tert-OH is 1. The lowest BCUT2D eigenvalue weighted by Gasteiger charge is -2.26. The first-order chi connectivity index (χ1) is 10.3. The van der Waals surface area contributed by atoms with Gasteiger partial charge < -0.3 is 20.3 Å². The lowest BCUT2D eigenvalue weighted by molar-refractivity contribution is 0.178. The van der Waals surface area contributed by atoms with E-state index in [9.17, 15) is 5.11 Å². The minimum absolute atomic E-state index is 0.115. The number of ether oxygens (including phenoxy) is 2. The summed E-state index contributed by atoms with van der Waals surface area (Å²) in [6.07, 6.45) is 3.88. The van der Waals surface area contributed by atoms with Crippen LogP contribution in [0.1, 0.15) is 30.9 Å². The first kappa shape index (κ1) is 16.1. The summed E-state index contributed by atoms with van der Waals surface area (Å²) in [5, 5.41) is 9.28. The molecule has 0 aromatic heterocycles. The highest BCUT2D eigenvalue weighted by Gasteiger charge is 2.17. The molecule has 21 heavy (non-hydrogen) atoms. The van der Waals surface area contributed by atoms with E-state index in [1.165, 1.54) is 19.3 Å². The molecule has 1 aliphatic heterocycles. The van der Waals surface area contributed by atoms with E-state index < -0.39 is 6.04 Å². The molecular weight excluding hydrogens is 268 g/mol. The number of nitrogens with two attached hydrogens (primary N) is 1. The van der Waals surface area contributed by atoms with Gasteiger partial charge >= 0.3 is 0 Å². The van der Waals surface area contributed by atoms with E-state index in [0.717, 1.165) is 25.2 Å². The molecule has 0 bridgehead atoms. The summed E-state index contributed by atoms with van der Waals surface area (Å²) in [4.78, 5) is 2.42. The molecule has 1 aromatic carbocycles. The smallest absolute Gasteiger partial charge is 0.166 e. The molecule has 1 atom stereocenters. The SMILES string of the molecule is COc1cccc([C@@H](N)CO)c1OCCN1CCCCC1. The Labute approximate surface area is 126 Å². The van der Waals surface area contributed by atoms with Crippen molar-refractivity contribution in [2.24, 2.45) is 5.73 Å². The minimum Gasteiger partial charge on any atom is -0.493 e. The highest BCUT2D eigenvalue weighted by molar-refractivity contribution is 5.48. The molecular formula is C16H26N2O3. The van der Waals surface area contributed by atoms with Crippen molar-refractivity contribution in [2.45, 2.75) is 25.3 Å². The van der Waals surface area contributed by atoms with Crippen LogP contribution in [0.25, 0.3) is 0 Å². The van der Waals surface area contributed by atoms with Crippen molar-refractivity contribution in [1.29, 1.82) is 0 Å². The maximum absolute atomic E-state index is 9.28. The fourth-order valence-electron chi connectivity index (χ4n) is 2.70. The Kier molecular flexibility index (Phi) is 6.29. The Bertz CT molecular complexity index is 434. The molecule has 0 saturated carbocycles. The standard InChI is InChI=1S/C16H26N2O3/c1-20-15-7-5-6-13(14(17)12-19)16(15)21-11-10-18-8-3-2-4-9-18/h5-7,14,19H,2-4,8-12,17H2,1H3/t14-/m0/s1. The highest BCUT2D eigenvalue weighted by atomic mass is 16.5. The molecule has 118 valence electrons. The topological polar surface area (TPSA) is 68.0 Å². The number of rotatable bonds is 7. The van der Waals surface area contributed by atoms with Gasteiger partial charge in [0, 0.05) is 12.1 Å². The molecule has 3 N–H and O–H groups in total. The van der Waals surface area contributed by atoms with Gasteiger partial charge in [0.25, 0.3) is 0 Å². The zero-order valence-electron chi connectivity index (χ0n) is 12.8. The van der Waals surface area contributed by atoms with E-state index in [1.54, 1.807) is 7.11 Å². The van der Waals surface area contributed by atoms with Gasteiger partial charge in [-0.25, -0.2) is 0 Å². The van der Waals surface area contributed by atoms with Crippen LogP contribution < -0.4 is 15.2 Å². The Morgan fingerprint density at radius 1 is 1.29 bits per heavy atom. The maximum Gasteiger partial charge on any atom is 0.166 e. The summed E-state index contributed by atoms with van der Waals surface area (Å²) in [6, 6.07) is 5.13. The van der Waals surface area contributed by atoms with Gasteiger partial charge in [-0.1, -0.05) is 18.6 Å². The quantitative estimate of drug-likeness (QED) is 0.798. The van der Waals surface area contributed by atoms with Crippen molar-refractivity contribution in [3.05, 3.63) is 23.8 Å². The van der Waals surface area contributed by atoms with Crippen LogP contribution >= 0.6 is 0 Å². The summed E-state index contributed by atoms with van der Waals surface area (Å²) in [5.41, 5.74) is 6.72. The van der Waals surface area contributed by atoms with Crippen molar-refractivity contribution in [3.8, 4) is 11.5 Å². The fraction of sp³-hybridized carbons (Fsp3) is 0.625. The summed E-state index contributed by atoms with van der Waals surface area (Å²) >= 11 is 0. The molecule has 1 heterocycles. The third kappa shape index (κ3) is 4.33. The second-order valence-electron chi connectivity index (χ2n) is 5.42. The second kappa shape index (κ2) is 8.22. The predicted molar refractivity (Wildman–Crippen MR) is 82.8 cm³/mol. The molecule has 5 heteroatoms. The molecule has 2 rings (SSSR count). The van der Waals surface area contributed by atoms with Crippen LogP contribution in [0, 0.1) is 0 Å². The monoisotopic (exact) mass is 294 g/mol. The Balaban J connectivity index is 1.99. The number of nitrogens with zero attached hydrogens (tertiary/aromatic N) is 1. The minimum atomic E-state index is -0.454. The van der Waals surface area contributed by atoms with Gasteiger partial charge in [-0.2, -0.15) is 0 Å². The number of likely N-dealkylation sites (tertiary alicyclic amines) is 1. The number of methoxy groups -OCH3 is 1. The Hall–Kier alpha value is -1.30. The number of para-hydroxylation sites is 1. The van der Waals surface area contributed by atoms with Crippen LogP contribution in [0.15, 0.2) is 18.2 Å². The number of piperidine rings is 1. The van der Waals surface area contributed by atoms with Gasteiger partial charge in [0.15, 0.2) is 11.5 Å². The number of aliphatic hydroxyl groups is 1. The fourth-order valence-corrected chi connectivity index (χ4v) is 2.70. The third-order valence-corrected chi connectivity index (χ3v) is 3.93. The number of benzene rings is 1. The molecule has 0 spiro atoms. The number of hydrogen-bond acceptors (Lipinski definition) is 5. The molecule has 0 amide bonds. The van der Waals surface area contributed by atoms with Gasteiger partial charge in [0.2, 0.25) is 0 Å². The molecule has 0 aliphatic carbocycles. The second-order valence-corrected chi connectivity index (χ2v) is 5.42. The number of hydrogen-bond donors (Lipinski definition) is 2. The average molecular weight is 294 g/mol. The molecule has 1 fully saturated rings. The predicted octanol–water partition coefficient (Wildman–Crippen LogP) is 1.55. The molecule has 1 aromatic rings. The Morgan fingerprint density at radius 2 is 2.05 bits per heavy atom. The van der Waals surface area contributed by atoms with Crippen LogP contribution in [-0.4, -0.2) is 50.0 Å². The Morgan fingerprint density at radius 3 is 2.71 bits per heavy atom. The van der Waals surface area contributed by atoms with E-state index >= 15 is 0 Å². The van der Waals surface area contributed by atoms with Crippen LogP contribution in [0.2, 0.25) is 0 Å². The van der Waals surface area contributed by atoms with Crippen LogP contribution in [-0.2, 0) is 0 Å². The van der Waals surface area contributed by atoms with Gasteiger partial charge in [-0.05, 0) is 32.0 Å². The average Bonchev–Trinajstić information content (AvgIpc) is 2.55. The summed E-state index contributed by atoms with van der Waals surface area (Å²) < 4.78 is 11.3. The molecule has 0 unspecified atom stereocenters. The summed E-state index contributed by atoms with van der Waals surface area (Å²) in [5.74, 6) is 1.31. The largest absolute Gasteiger partial charge is 0.493 e. The molecule has 0 radical (unpaired) electrons. The van der Waals surface area contributed by atoms with Crippen molar-refractivity contribution < 1.29 is 14.6 Å². The van der Waals surface area contributed by atoms with Gasteiger partial charge in [0.1, 0.15) is 6.61 Å². The van der Waals surface area contributed by atoms with E-state index in [1.807, 2.05) is 18.2 Å². The van der Waals surface area contributed by atoms with Gasteiger partial charge in [-0.15, -0.1) is 0 Å². The van der Waals surface area contributed by atoms with Crippen molar-refractivity contribution in [2.75, 3.05) is 40.0 Å². The van der Waals surface area contributed by atoms with Crippen LogP contribution in [0.3, 0.4) is 0 Å². The van der Waals surface area contributed by atoms with E-state index in [2.05, 4.69) is 4.90 Å². The van der Waals surface area contributed by atoms with Crippen LogP contribution in [0.5, 0.6) is 11.5 Å². The van der Waals surface area contributed by atoms with E-state index in [4.69, 9.17) is 15.2 Å². The zero-order valence-corrected chi connectivity index (χ0v) is 12.8. The summed E-state index contributed by atoms with van der Waals surface area (Å²) in [6.45, 7) is 3.70. The van der Waals surface area contributed by atoms with E-state index in [-0.39, 0.29) is 6.61 Å². The van der Waals surface area contributed by atoms with E-state index in [0.29, 0.717) is 18.1 Å². The summed E-state index contributed by atoms with van der Waals surface area (Å²) in [7, 11) is 1.61. The zero-order chi connectivity index (χ0) is 15.1. The third-order valence-electron chi connectivity index (χ3n) is 3.93.